The van der Waals surface area contributed by atoms with E-state index in [0.29, 0.717) is 12.4 Å². The summed E-state index contributed by atoms with van der Waals surface area (Å²) < 4.78 is 26.5. The molecule has 7 heteroatoms. The van der Waals surface area contributed by atoms with E-state index < -0.39 is 17.5 Å². The highest BCUT2D eigenvalue weighted by molar-refractivity contribution is 6.02. The van der Waals surface area contributed by atoms with Crippen LogP contribution in [-0.2, 0) is 0 Å². The van der Waals surface area contributed by atoms with E-state index in [-0.39, 0.29) is 11.4 Å². The number of nitrogens with one attached hydrogen (secondary N) is 2. The van der Waals surface area contributed by atoms with Crippen molar-refractivity contribution in [3.8, 4) is 0 Å². The summed E-state index contributed by atoms with van der Waals surface area (Å²) in [6.45, 7) is 2.49. The van der Waals surface area contributed by atoms with Gasteiger partial charge in [0, 0.05) is 6.54 Å². The summed E-state index contributed by atoms with van der Waals surface area (Å²) in [5.41, 5.74) is -0.238. The Balaban J connectivity index is 2.19. The Hall–Kier alpha value is -2.57. The Morgan fingerprint density at radius 2 is 2.10 bits per heavy atom. The summed E-state index contributed by atoms with van der Waals surface area (Å²) in [5, 5.41) is 5.15. The smallest absolute Gasteiger partial charge is 0.276 e. The minimum atomic E-state index is -1.11. The SMILES string of the molecule is CCNc1cncc(C(=O)Nc2cccc(F)c2F)n1. The molecule has 1 heterocycles. The van der Waals surface area contributed by atoms with Crippen LogP contribution in [-0.4, -0.2) is 22.4 Å². The highest BCUT2D eigenvalue weighted by atomic mass is 19.2. The van der Waals surface area contributed by atoms with Crippen molar-refractivity contribution in [2.75, 3.05) is 17.2 Å². The molecule has 0 saturated carbocycles. The second-order valence-electron chi connectivity index (χ2n) is 3.88. The summed E-state index contributed by atoms with van der Waals surface area (Å²) in [6.07, 6.45) is 2.70. The standard InChI is InChI=1S/C13H12F2N4O/c1-2-17-11-7-16-6-10(18-11)13(20)19-9-5-3-4-8(14)12(9)15/h3-7H,2H2,1H3,(H,17,18)(H,19,20). The van der Waals surface area contributed by atoms with Crippen LogP contribution in [0.4, 0.5) is 20.3 Å². The van der Waals surface area contributed by atoms with Crippen LogP contribution in [0.15, 0.2) is 30.6 Å². The van der Waals surface area contributed by atoms with Crippen molar-refractivity contribution in [2.24, 2.45) is 0 Å². The molecule has 0 aliphatic carbocycles. The number of amides is 1. The predicted molar refractivity (Wildman–Crippen MR) is 70.5 cm³/mol. The van der Waals surface area contributed by atoms with Gasteiger partial charge in [-0.2, -0.15) is 0 Å². The molecule has 2 aromatic rings. The number of rotatable bonds is 4. The lowest BCUT2D eigenvalue weighted by Gasteiger charge is -2.07. The number of carbonyl (C=O) groups excluding carboxylic acids is 1. The highest BCUT2D eigenvalue weighted by Crippen LogP contribution is 2.17. The van der Waals surface area contributed by atoms with Gasteiger partial charge in [0.15, 0.2) is 11.6 Å². The van der Waals surface area contributed by atoms with Gasteiger partial charge in [-0.3, -0.25) is 9.78 Å². The van der Waals surface area contributed by atoms with Crippen molar-refractivity contribution in [1.82, 2.24) is 9.97 Å². The molecule has 104 valence electrons. The van der Waals surface area contributed by atoms with E-state index in [4.69, 9.17) is 0 Å². The van der Waals surface area contributed by atoms with Gasteiger partial charge in [0.1, 0.15) is 11.5 Å². The maximum Gasteiger partial charge on any atom is 0.276 e. The third-order valence-electron chi connectivity index (χ3n) is 2.42. The summed E-state index contributed by atoms with van der Waals surface area (Å²) in [4.78, 5) is 19.8. The minimum absolute atomic E-state index is 0.00658. The number of hydrogen-bond acceptors (Lipinski definition) is 4. The zero-order valence-electron chi connectivity index (χ0n) is 10.7. The minimum Gasteiger partial charge on any atom is -0.369 e. The number of carbonyl (C=O) groups is 1. The summed E-state index contributed by atoms with van der Waals surface area (Å²) in [6, 6.07) is 3.53. The maximum atomic E-state index is 13.4. The molecule has 0 fully saturated rings. The lowest BCUT2D eigenvalue weighted by atomic mass is 10.3. The Morgan fingerprint density at radius 1 is 1.30 bits per heavy atom. The van der Waals surface area contributed by atoms with Gasteiger partial charge >= 0.3 is 0 Å². The number of benzene rings is 1. The highest BCUT2D eigenvalue weighted by Gasteiger charge is 2.13. The zero-order chi connectivity index (χ0) is 14.5. The van der Waals surface area contributed by atoms with Crippen LogP contribution in [0.3, 0.4) is 0 Å². The van der Waals surface area contributed by atoms with E-state index >= 15 is 0 Å². The average molecular weight is 278 g/mol. The van der Waals surface area contributed by atoms with Crippen molar-refractivity contribution in [2.45, 2.75) is 6.92 Å². The van der Waals surface area contributed by atoms with Crippen LogP contribution in [0.5, 0.6) is 0 Å². The van der Waals surface area contributed by atoms with Gasteiger partial charge in [0.2, 0.25) is 0 Å². The van der Waals surface area contributed by atoms with Crippen LogP contribution in [0.25, 0.3) is 0 Å². The molecule has 0 unspecified atom stereocenters. The maximum absolute atomic E-state index is 13.4. The summed E-state index contributed by atoms with van der Waals surface area (Å²) in [5.74, 6) is -2.38. The van der Waals surface area contributed by atoms with Crippen LogP contribution < -0.4 is 10.6 Å². The summed E-state index contributed by atoms with van der Waals surface area (Å²) >= 11 is 0. The van der Waals surface area contributed by atoms with E-state index in [1.54, 1.807) is 0 Å². The molecule has 1 amide bonds. The first kappa shape index (κ1) is 13.9. The van der Waals surface area contributed by atoms with Gasteiger partial charge in [-0.15, -0.1) is 0 Å². The van der Waals surface area contributed by atoms with Crippen molar-refractivity contribution in [3.05, 3.63) is 47.9 Å². The second kappa shape index (κ2) is 6.05. The number of nitrogens with zero attached hydrogens (tertiary/aromatic N) is 2. The molecule has 0 radical (unpaired) electrons. The molecular weight excluding hydrogens is 266 g/mol. The Morgan fingerprint density at radius 3 is 2.85 bits per heavy atom. The number of hydrogen-bond donors (Lipinski definition) is 2. The van der Waals surface area contributed by atoms with Gasteiger partial charge in [0.05, 0.1) is 18.1 Å². The fraction of sp³-hybridized carbons (Fsp3) is 0.154. The van der Waals surface area contributed by atoms with E-state index in [1.165, 1.54) is 24.5 Å². The quantitative estimate of drug-likeness (QED) is 0.901. The van der Waals surface area contributed by atoms with Crippen molar-refractivity contribution in [1.29, 1.82) is 0 Å². The van der Waals surface area contributed by atoms with Gasteiger partial charge < -0.3 is 10.6 Å². The van der Waals surface area contributed by atoms with E-state index in [0.717, 1.165) is 6.07 Å². The van der Waals surface area contributed by atoms with E-state index in [1.807, 2.05) is 6.92 Å². The molecule has 1 aromatic heterocycles. The van der Waals surface area contributed by atoms with Crippen LogP contribution in [0.1, 0.15) is 17.4 Å². The predicted octanol–water partition coefficient (Wildman–Crippen LogP) is 2.44. The normalized spacial score (nSPS) is 10.2. The third kappa shape index (κ3) is 3.05. The zero-order valence-corrected chi connectivity index (χ0v) is 10.7. The van der Waals surface area contributed by atoms with E-state index in [2.05, 4.69) is 20.6 Å². The van der Waals surface area contributed by atoms with Gasteiger partial charge in [-0.1, -0.05) is 6.07 Å². The van der Waals surface area contributed by atoms with E-state index in [9.17, 15) is 13.6 Å². The molecule has 2 N–H and O–H groups in total. The average Bonchev–Trinajstić information content (AvgIpc) is 2.44. The molecule has 0 saturated heterocycles. The van der Waals surface area contributed by atoms with Crippen molar-refractivity contribution in [3.63, 3.8) is 0 Å². The molecule has 0 aliphatic rings. The Kier molecular flexibility index (Phi) is 4.19. The Labute approximate surface area is 114 Å². The topological polar surface area (TPSA) is 66.9 Å². The van der Waals surface area contributed by atoms with Crippen LogP contribution in [0, 0.1) is 11.6 Å². The molecule has 20 heavy (non-hydrogen) atoms. The van der Waals surface area contributed by atoms with Crippen molar-refractivity contribution >= 4 is 17.4 Å². The lowest BCUT2D eigenvalue weighted by molar-refractivity contribution is 0.102. The first-order valence-electron chi connectivity index (χ1n) is 5.93. The molecule has 5 nitrogen and oxygen atoms in total. The van der Waals surface area contributed by atoms with Gasteiger partial charge in [-0.05, 0) is 19.1 Å². The molecule has 0 spiro atoms. The molecule has 0 bridgehead atoms. The first-order valence-corrected chi connectivity index (χ1v) is 5.93. The Bertz CT molecular complexity index is 634. The fourth-order valence-electron chi connectivity index (χ4n) is 1.53. The number of anilines is 2. The monoisotopic (exact) mass is 278 g/mol. The molecular formula is C13H12F2N4O. The van der Waals surface area contributed by atoms with Crippen LogP contribution >= 0.6 is 0 Å². The third-order valence-corrected chi connectivity index (χ3v) is 2.42. The van der Waals surface area contributed by atoms with Gasteiger partial charge in [-0.25, -0.2) is 13.8 Å². The second-order valence-corrected chi connectivity index (χ2v) is 3.88. The fourth-order valence-corrected chi connectivity index (χ4v) is 1.53. The first-order chi connectivity index (χ1) is 9.61. The molecule has 0 aliphatic heterocycles. The molecule has 2 rings (SSSR count). The number of halogens is 2. The number of aromatic nitrogens is 2. The van der Waals surface area contributed by atoms with Crippen molar-refractivity contribution < 1.29 is 13.6 Å². The lowest BCUT2D eigenvalue weighted by Crippen LogP contribution is -2.16. The summed E-state index contributed by atoms with van der Waals surface area (Å²) in [7, 11) is 0. The van der Waals surface area contributed by atoms with Crippen LogP contribution in [0.2, 0.25) is 0 Å². The molecule has 1 aromatic carbocycles. The largest absolute Gasteiger partial charge is 0.369 e. The molecule has 0 atom stereocenters. The van der Waals surface area contributed by atoms with Gasteiger partial charge in [0.25, 0.3) is 5.91 Å².